The number of nitrogens with two attached hydrogens (primary N) is 1. The van der Waals surface area contributed by atoms with Crippen molar-refractivity contribution in [2.45, 2.75) is 6.42 Å². The molecule has 0 amide bonds. The van der Waals surface area contributed by atoms with Crippen LogP contribution in [0.4, 0.5) is 0 Å². The van der Waals surface area contributed by atoms with Crippen LogP contribution in [0, 0.1) is 0 Å². The minimum Gasteiger partial charge on any atom is -0.457 e. The number of hydrogen-bond acceptors (Lipinski definition) is 4. The van der Waals surface area contributed by atoms with E-state index in [1.54, 1.807) is 24.3 Å². The first-order chi connectivity index (χ1) is 8.28. The fraction of sp³-hybridized carbons (Fsp3) is 0.0769. The van der Waals surface area contributed by atoms with E-state index in [4.69, 9.17) is 10.5 Å². The summed E-state index contributed by atoms with van der Waals surface area (Å²) >= 11 is 0. The number of hydrogen-bond donors (Lipinski definition) is 1. The number of rotatable bonds is 3. The van der Waals surface area contributed by atoms with Gasteiger partial charge < -0.3 is 10.5 Å². The average molecular weight is 228 g/mol. The second-order valence-electron chi connectivity index (χ2n) is 3.55. The van der Waals surface area contributed by atoms with E-state index >= 15 is 0 Å². The molecule has 0 saturated heterocycles. The van der Waals surface area contributed by atoms with Gasteiger partial charge in [0.05, 0.1) is 0 Å². The minimum atomic E-state index is 0.343. The predicted molar refractivity (Wildman–Crippen MR) is 64.4 cm³/mol. The van der Waals surface area contributed by atoms with Gasteiger partial charge in [0.1, 0.15) is 17.2 Å². The summed E-state index contributed by atoms with van der Waals surface area (Å²) in [6, 6.07) is 3.28. The number of aromatic nitrogens is 1. The molecule has 2 rings (SSSR count). The van der Waals surface area contributed by atoms with Crippen LogP contribution in [-0.2, 0) is 0 Å². The first kappa shape index (κ1) is 11.1. The smallest absolute Gasteiger partial charge is 0.168 e. The molecule has 0 unspecified atom stereocenters. The SMILES string of the molecule is NC1=CC=C(Oc2ccnc(C=O)c2)C=CC1. The molecule has 1 aliphatic rings. The monoisotopic (exact) mass is 228 g/mol. The largest absolute Gasteiger partial charge is 0.457 e. The highest BCUT2D eigenvalue weighted by molar-refractivity contribution is 5.72. The van der Waals surface area contributed by atoms with Gasteiger partial charge in [-0.2, -0.15) is 0 Å². The highest BCUT2D eigenvalue weighted by Crippen LogP contribution is 2.16. The zero-order valence-corrected chi connectivity index (χ0v) is 9.17. The summed E-state index contributed by atoms with van der Waals surface area (Å²) in [5, 5.41) is 0. The van der Waals surface area contributed by atoms with E-state index in [-0.39, 0.29) is 0 Å². The van der Waals surface area contributed by atoms with Crippen molar-refractivity contribution >= 4 is 6.29 Å². The molecule has 1 aliphatic carbocycles. The third-order valence-electron chi connectivity index (χ3n) is 2.21. The number of carbonyl (C=O) groups excluding carboxylic acids is 1. The number of pyridine rings is 1. The molecule has 86 valence electrons. The summed E-state index contributed by atoms with van der Waals surface area (Å²) in [5.41, 5.74) is 6.81. The quantitative estimate of drug-likeness (QED) is 0.803. The molecule has 4 nitrogen and oxygen atoms in total. The second-order valence-corrected chi connectivity index (χ2v) is 3.55. The Hall–Kier alpha value is -2.36. The van der Waals surface area contributed by atoms with E-state index in [1.165, 1.54) is 6.20 Å². The van der Waals surface area contributed by atoms with Gasteiger partial charge in [0.15, 0.2) is 6.29 Å². The lowest BCUT2D eigenvalue weighted by Gasteiger charge is -2.05. The van der Waals surface area contributed by atoms with Crippen LogP contribution in [0.3, 0.4) is 0 Å². The maximum atomic E-state index is 10.6. The van der Waals surface area contributed by atoms with Crippen molar-refractivity contribution in [3.05, 3.63) is 59.8 Å². The second kappa shape index (κ2) is 5.12. The lowest BCUT2D eigenvalue weighted by Crippen LogP contribution is -1.94. The van der Waals surface area contributed by atoms with E-state index in [2.05, 4.69) is 4.98 Å². The van der Waals surface area contributed by atoms with Crippen molar-refractivity contribution in [2.75, 3.05) is 0 Å². The summed E-state index contributed by atoms with van der Waals surface area (Å²) in [7, 11) is 0. The fourth-order valence-corrected chi connectivity index (χ4v) is 1.38. The van der Waals surface area contributed by atoms with Gasteiger partial charge in [-0.3, -0.25) is 9.78 Å². The molecule has 17 heavy (non-hydrogen) atoms. The van der Waals surface area contributed by atoms with Crippen molar-refractivity contribution < 1.29 is 9.53 Å². The molecule has 1 heterocycles. The molecule has 1 aromatic heterocycles. The van der Waals surface area contributed by atoms with E-state index < -0.39 is 0 Å². The third-order valence-corrected chi connectivity index (χ3v) is 2.21. The molecular weight excluding hydrogens is 216 g/mol. The van der Waals surface area contributed by atoms with E-state index in [1.807, 2.05) is 12.2 Å². The van der Waals surface area contributed by atoms with Crippen molar-refractivity contribution in [1.82, 2.24) is 4.98 Å². The van der Waals surface area contributed by atoms with E-state index in [0.29, 0.717) is 29.9 Å². The molecule has 0 aliphatic heterocycles. The van der Waals surface area contributed by atoms with Crippen LogP contribution in [0.1, 0.15) is 16.9 Å². The summed E-state index contributed by atoms with van der Waals surface area (Å²) < 4.78 is 5.60. The third kappa shape index (κ3) is 3.04. The van der Waals surface area contributed by atoms with Gasteiger partial charge in [0.25, 0.3) is 0 Å². The summed E-state index contributed by atoms with van der Waals surface area (Å²) in [5.74, 6) is 1.25. The number of aldehydes is 1. The number of ether oxygens (including phenoxy) is 1. The fourth-order valence-electron chi connectivity index (χ4n) is 1.38. The maximum Gasteiger partial charge on any atom is 0.168 e. The number of allylic oxidation sites excluding steroid dienone is 4. The molecule has 0 bridgehead atoms. The molecule has 0 radical (unpaired) electrons. The molecule has 2 N–H and O–H groups in total. The first-order valence-corrected chi connectivity index (χ1v) is 5.20. The van der Waals surface area contributed by atoms with Gasteiger partial charge in [-0.25, -0.2) is 0 Å². The Morgan fingerprint density at radius 2 is 2.29 bits per heavy atom. The highest BCUT2D eigenvalue weighted by atomic mass is 16.5. The van der Waals surface area contributed by atoms with Crippen LogP contribution < -0.4 is 10.5 Å². The molecule has 0 fully saturated rings. The van der Waals surface area contributed by atoms with Gasteiger partial charge in [-0.1, -0.05) is 6.08 Å². The van der Waals surface area contributed by atoms with Crippen LogP contribution in [0.2, 0.25) is 0 Å². The maximum absolute atomic E-state index is 10.6. The Kier molecular flexibility index (Phi) is 3.35. The zero-order valence-electron chi connectivity index (χ0n) is 9.17. The van der Waals surface area contributed by atoms with Crippen LogP contribution in [0.5, 0.6) is 5.75 Å². The normalized spacial score (nSPS) is 14.6. The number of carbonyl (C=O) groups is 1. The standard InChI is InChI=1S/C13H12N2O2/c14-10-2-1-3-12(5-4-10)17-13-6-7-15-11(8-13)9-16/h1,3-9H,2,14H2. The summed E-state index contributed by atoms with van der Waals surface area (Å²) in [6.07, 6.45) is 10.3. The predicted octanol–water partition coefficient (Wildman–Crippen LogP) is 1.96. The van der Waals surface area contributed by atoms with Crippen molar-refractivity contribution in [1.29, 1.82) is 0 Å². The molecule has 4 heteroatoms. The molecular formula is C13H12N2O2. The minimum absolute atomic E-state index is 0.343. The van der Waals surface area contributed by atoms with Crippen LogP contribution in [0.25, 0.3) is 0 Å². The Morgan fingerprint density at radius 3 is 3.12 bits per heavy atom. The average Bonchev–Trinajstić information content (AvgIpc) is 2.55. The Bertz CT molecular complexity index is 516. The summed E-state index contributed by atoms with van der Waals surface area (Å²) in [4.78, 5) is 14.4. The van der Waals surface area contributed by atoms with Gasteiger partial charge in [0.2, 0.25) is 0 Å². The first-order valence-electron chi connectivity index (χ1n) is 5.20. The van der Waals surface area contributed by atoms with Crippen molar-refractivity contribution in [3.8, 4) is 5.75 Å². The van der Waals surface area contributed by atoms with Crippen LogP contribution in [-0.4, -0.2) is 11.3 Å². The number of nitrogens with zero attached hydrogens (tertiary/aromatic N) is 1. The Morgan fingerprint density at radius 1 is 1.41 bits per heavy atom. The molecule has 1 aromatic rings. The molecule has 0 atom stereocenters. The van der Waals surface area contributed by atoms with Gasteiger partial charge in [0, 0.05) is 24.4 Å². The molecule has 0 spiro atoms. The van der Waals surface area contributed by atoms with E-state index in [0.717, 1.165) is 5.70 Å². The molecule has 0 saturated carbocycles. The van der Waals surface area contributed by atoms with Crippen molar-refractivity contribution in [2.24, 2.45) is 5.73 Å². The van der Waals surface area contributed by atoms with Gasteiger partial charge in [-0.05, 0) is 24.3 Å². The lowest BCUT2D eigenvalue weighted by molar-refractivity contribution is 0.111. The van der Waals surface area contributed by atoms with Crippen molar-refractivity contribution in [3.63, 3.8) is 0 Å². The Balaban J connectivity index is 2.17. The summed E-state index contributed by atoms with van der Waals surface area (Å²) in [6.45, 7) is 0. The van der Waals surface area contributed by atoms with Gasteiger partial charge in [-0.15, -0.1) is 0 Å². The Labute approximate surface area is 99.1 Å². The zero-order chi connectivity index (χ0) is 12.1. The highest BCUT2D eigenvalue weighted by Gasteiger charge is 2.01. The van der Waals surface area contributed by atoms with E-state index in [9.17, 15) is 4.79 Å². The van der Waals surface area contributed by atoms with Gasteiger partial charge >= 0.3 is 0 Å². The lowest BCUT2D eigenvalue weighted by atomic mass is 10.3. The van der Waals surface area contributed by atoms with Crippen LogP contribution >= 0.6 is 0 Å². The van der Waals surface area contributed by atoms with Crippen LogP contribution in [0.15, 0.2) is 54.1 Å². The topological polar surface area (TPSA) is 65.2 Å². The molecule has 0 aromatic carbocycles.